The SMILES string of the molecule is O=C1C=C[C@]23C(c4ccccc4)=CC(=O)N2[C@H](c2ccc(Br)cc2)C(=O)N[C@@H]3C1. The van der Waals surface area contributed by atoms with Crippen LogP contribution < -0.4 is 5.32 Å². The Morgan fingerprint density at radius 1 is 1.00 bits per heavy atom. The lowest BCUT2D eigenvalue weighted by Crippen LogP contribution is -2.69. The van der Waals surface area contributed by atoms with Gasteiger partial charge in [-0.05, 0) is 41.0 Å². The van der Waals surface area contributed by atoms with Gasteiger partial charge in [0.15, 0.2) is 5.78 Å². The van der Waals surface area contributed by atoms with Gasteiger partial charge in [0, 0.05) is 17.0 Å². The predicted octanol–water partition coefficient (Wildman–Crippen LogP) is 3.18. The standard InChI is InChI=1S/C23H17BrN2O3/c24-16-8-6-15(7-9-16)21-22(29)25-19-12-17(27)10-11-23(19)18(13-20(28)26(21)23)14-4-2-1-3-5-14/h1-11,13,19,21H,12H2,(H,25,29)/t19-,21-,23-/m1/s1. The Morgan fingerprint density at radius 2 is 1.72 bits per heavy atom. The molecule has 0 saturated carbocycles. The number of benzene rings is 2. The van der Waals surface area contributed by atoms with Gasteiger partial charge in [-0.3, -0.25) is 14.4 Å². The van der Waals surface area contributed by atoms with Crippen LogP contribution in [0.3, 0.4) is 0 Å². The first-order valence-electron chi connectivity index (χ1n) is 9.39. The van der Waals surface area contributed by atoms with Crippen LogP contribution in [0.4, 0.5) is 0 Å². The molecule has 2 aromatic rings. The van der Waals surface area contributed by atoms with Crippen molar-refractivity contribution in [2.45, 2.75) is 24.0 Å². The van der Waals surface area contributed by atoms with Crippen molar-refractivity contribution < 1.29 is 14.4 Å². The lowest BCUT2D eigenvalue weighted by molar-refractivity contribution is -0.147. The number of hydrogen-bond acceptors (Lipinski definition) is 3. The smallest absolute Gasteiger partial charge is 0.248 e. The Kier molecular flexibility index (Phi) is 4.06. The van der Waals surface area contributed by atoms with Gasteiger partial charge >= 0.3 is 0 Å². The van der Waals surface area contributed by atoms with Crippen molar-refractivity contribution >= 4 is 39.1 Å². The van der Waals surface area contributed by atoms with Crippen LogP contribution in [0, 0.1) is 0 Å². The monoisotopic (exact) mass is 448 g/mol. The first-order chi connectivity index (χ1) is 14.0. The summed E-state index contributed by atoms with van der Waals surface area (Å²) in [6, 6.07) is 15.8. The molecule has 3 atom stereocenters. The number of nitrogens with one attached hydrogen (secondary N) is 1. The molecule has 0 unspecified atom stereocenters. The number of carbonyl (C=O) groups excluding carboxylic acids is 3. The zero-order valence-corrected chi connectivity index (χ0v) is 16.9. The van der Waals surface area contributed by atoms with E-state index in [0.29, 0.717) is 0 Å². The van der Waals surface area contributed by atoms with E-state index in [0.717, 1.165) is 21.2 Å². The summed E-state index contributed by atoms with van der Waals surface area (Å²) >= 11 is 3.41. The average molecular weight is 449 g/mol. The van der Waals surface area contributed by atoms with Crippen LogP contribution in [0.15, 0.2) is 77.3 Å². The fraction of sp³-hybridized carbons (Fsp3) is 0.174. The van der Waals surface area contributed by atoms with E-state index in [2.05, 4.69) is 21.2 Å². The van der Waals surface area contributed by atoms with Gasteiger partial charge in [0.05, 0.1) is 6.04 Å². The summed E-state index contributed by atoms with van der Waals surface area (Å²) < 4.78 is 0.893. The van der Waals surface area contributed by atoms with E-state index in [1.165, 1.54) is 6.08 Å². The molecule has 3 aliphatic rings. The number of allylic oxidation sites excluding steroid dienone is 1. The molecule has 144 valence electrons. The van der Waals surface area contributed by atoms with E-state index in [4.69, 9.17) is 0 Å². The summed E-state index contributed by atoms with van der Waals surface area (Å²) in [5.41, 5.74) is 1.54. The molecule has 0 radical (unpaired) electrons. The molecule has 1 saturated heterocycles. The molecule has 5 rings (SSSR count). The topological polar surface area (TPSA) is 66.5 Å². The normalized spacial score (nSPS) is 28.0. The van der Waals surface area contributed by atoms with Crippen molar-refractivity contribution in [3.63, 3.8) is 0 Å². The van der Waals surface area contributed by atoms with Crippen LogP contribution in [0.5, 0.6) is 0 Å². The second kappa shape index (κ2) is 6.52. The molecule has 1 aliphatic carbocycles. The highest BCUT2D eigenvalue weighted by Gasteiger charge is 2.60. The predicted molar refractivity (Wildman–Crippen MR) is 112 cm³/mol. The van der Waals surface area contributed by atoms with Crippen LogP contribution in [0.25, 0.3) is 5.57 Å². The van der Waals surface area contributed by atoms with Gasteiger partial charge < -0.3 is 10.2 Å². The minimum Gasteiger partial charge on any atom is -0.348 e. The maximum atomic E-state index is 13.3. The van der Waals surface area contributed by atoms with E-state index in [1.807, 2.05) is 54.6 Å². The number of nitrogens with zero attached hydrogens (tertiary/aromatic N) is 1. The van der Waals surface area contributed by atoms with E-state index >= 15 is 0 Å². The molecule has 2 aromatic carbocycles. The van der Waals surface area contributed by atoms with Gasteiger partial charge in [-0.1, -0.05) is 58.4 Å². The third-order valence-electron chi connectivity index (χ3n) is 5.89. The molecule has 6 heteroatoms. The third-order valence-corrected chi connectivity index (χ3v) is 6.42. The molecule has 29 heavy (non-hydrogen) atoms. The van der Waals surface area contributed by atoms with Crippen LogP contribution in [-0.4, -0.2) is 34.1 Å². The summed E-state index contributed by atoms with van der Waals surface area (Å²) in [5.74, 6) is -0.558. The number of carbonyl (C=O) groups is 3. The molecular weight excluding hydrogens is 432 g/mol. The molecule has 5 nitrogen and oxygen atoms in total. The lowest BCUT2D eigenvalue weighted by atomic mass is 9.72. The Balaban J connectivity index is 1.71. The summed E-state index contributed by atoms with van der Waals surface area (Å²) in [6.45, 7) is 0. The van der Waals surface area contributed by atoms with Crippen molar-refractivity contribution in [3.8, 4) is 0 Å². The maximum Gasteiger partial charge on any atom is 0.248 e. The summed E-state index contributed by atoms with van der Waals surface area (Å²) in [5, 5.41) is 3.04. The van der Waals surface area contributed by atoms with Crippen molar-refractivity contribution in [2.24, 2.45) is 0 Å². The molecule has 2 amide bonds. The molecule has 2 heterocycles. The number of piperazine rings is 1. The lowest BCUT2D eigenvalue weighted by Gasteiger charge is -2.52. The Morgan fingerprint density at radius 3 is 2.45 bits per heavy atom. The van der Waals surface area contributed by atoms with Crippen molar-refractivity contribution in [1.29, 1.82) is 0 Å². The Bertz CT molecular complexity index is 1090. The first kappa shape index (κ1) is 18.1. The van der Waals surface area contributed by atoms with Gasteiger partial charge in [-0.15, -0.1) is 0 Å². The van der Waals surface area contributed by atoms with Crippen LogP contribution in [0.2, 0.25) is 0 Å². The van der Waals surface area contributed by atoms with E-state index in [-0.39, 0.29) is 24.0 Å². The number of rotatable bonds is 2. The maximum absolute atomic E-state index is 13.3. The molecule has 1 N–H and O–H groups in total. The van der Waals surface area contributed by atoms with Crippen molar-refractivity contribution in [1.82, 2.24) is 10.2 Å². The zero-order valence-electron chi connectivity index (χ0n) is 15.3. The Hall–Kier alpha value is -2.99. The second-order valence-corrected chi connectivity index (χ2v) is 8.39. The molecule has 1 spiro atoms. The van der Waals surface area contributed by atoms with Gasteiger partial charge in [0.1, 0.15) is 11.6 Å². The van der Waals surface area contributed by atoms with Crippen molar-refractivity contribution in [2.75, 3.05) is 0 Å². The fourth-order valence-corrected chi connectivity index (χ4v) is 4.92. The molecular formula is C23H17BrN2O3. The average Bonchev–Trinajstić information content (AvgIpc) is 3.01. The molecule has 1 fully saturated rings. The summed E-state index contributed by atoms with van der Waals surface area (Å²) in [4.78, 5) is 40.2. The highest BCUT2D eigenvalue weighted by molar-refractivity contribution is 9.10. The van der Waals surface area contributed by atoms with Crippen LogP contribution in [0.1, 0.15) is 23.6 Å². The van der Waals surface area contributed by atoms with E-state index in [9.17, 15) is 14.4 Å². The Labute approximate surface area is 176 Å². The van der Waals surface area contributed by atoms with E-state index < -0.39 is 17.6 Å². The molecule has 2 aliphatic heterocycles. The fourth-order valence-electron chi connectivity index (χ4n) is 4.65. The quantitative estimate of drug-likeness (QED) is 0.766. The second-order valence-electron chi connectivity index (χ2n) is 7.48. The van der Waals surface area contributed by atoms with Gasteiger partial charge in [0.2, 0.25) is 11.8 Å². The van der Waals surface area contributed by atoms with Gasteiger partial charge in [-0.25, -0.2) is 0 Å². The largest absolute Gasteiger partial charge is 0.348 e. The van der Waals surface area contributed by atoms with Crippen molar-refractivity contribution in [3.05, 3.63) is 88.4 Å². The van der Waals surface area contributed by atoms with E-state index in [1.54, 1.807) is 17.1 Å². The number of amides is 2. The van der Waals surface area contributed by atoms with Gasteiger partial charge in [-0.2, -0.15) is 0 Å². The molecule has 0 bridgehead atoms. The van der Waals surface area contributed by atoms with Crippen LogP contribution >= 0.6 is 15.9 Å². The summed E-state index contributed by atoms with van der Waals surface area (Å²) in [6.07, 6.45) is 5.09. The first-order valence-corrected chi connectivity index (χ1v) is 10.2. The number of ketones is 1. The van der Waals surface area contributed by atoms with Gasteiger partial charge in [0.25, 0.3) is 0 Å². The van der Waals surface area contributed by atoms with Crippen LogP contribution in [-0.2, 0) is 14.4 Å². The minimum atomic E-state index is -0.891. The minimum absolute atomic E-state index is 0.0604. The zero-order chi connectivity index (χ0) is 20.2. The number of halogens is 1. The molecule has 0 aromatic heterocycles. The summed E-state index contributed by atoms with van der Waals surface area (Å²) in [7, 11) is 0. The highest BCUT2D eigenvalue weighted by atomic mass is 79.9. The third kappa shape index (κ3) is 2.63. The highest BCUT2D eigenvalue weighted by Crippen LogP contribution is 2.50. The number of hydrogen-bond donors (Lipinski definition) is 1.